The second kappa shape index (κ2) is 8.22. The van der Waals surface area contributed by atoms with E-state index in [1.807, 2.05) is 11.9 Å². The third-order valence-corrected chi connectivity index (χ3v) is 5.06. The molecular weight excluding hydrogens is 300 g/mol. The van der Waals surface area contributed by atoms with Crippen LogP contribution in [0.3, 0.4) is 0 Å². The van der Waals surface area contributed by atoms with Gasteiger partial charge >= 0.3 is 0 Å². The molecule has 0 unspecified atom stereocenters. The molecule has 0 aromatic rings. The lowest BCUT2D eigenvalue weighted by molar-refractivity contribution is -0.125. The number of hydrogen-bond donors (Lipinski definition) is 2. The average molecular weight is 324 g/mol. The Morgan fingerprint density at radius 2 is 2.09 bits per heavy atom. The lowest BCUT2D eigenvalue weighted by atomic mass is 9.88. The standard InChI is InChI=1S/C15H24N4O2S/c1-11(10-16-14(21)12-6-4-3-5-7-12)13(20)17-18-15-19(2)8-9-22-15/h12H,1,3-10H2,2H3,(H,16,21)(H,17,20)/b18-15-. The molecule has 6 nitrogen and oxygen atoms in total. The molecule has 7 heteroatoms. The van der Waals surface area contributed by atoms with E-state index in [9.17, 15) is 9.59 Å². The molecule has 2 aliphatic rings. The number of hydrazone groups is 1. The largest absolute Gasteiger partial charge is 0.352 e. The SMILES string of the molecule is C=C(CNC(=O)C1CCCCC1)C(=O)N/N=C1\SCCN1C. The van der Waals surface area contributed by atoms with Gasteiger partial charge in [0.2, 0.25) is 5.91 Å². The summed E-state index contributed by atoms with van der Waals surface area (Å²) in [5.74, 6) is 0.751. The normalized spacial score (nSPS) is 21.0. The number of thioether (sulfide) groups is 1. The molecule has 122 valence electrons. The summed E-state index contributed by atoms with van der Waals surface area (Å²) in [5.41, 5.74) is 2.81. The number of nitrogens with one attached hydrogen (secondary N) is 2. The molecular formula is C15H24N4O2S. The zero-order valence-electron chi connectivity index (χ0n) is 13.1. The summed E-state index contributed by atoms with van der Waals surface area (Å²) in [6.45, 7) is 4.82. The van der Waals surface area contributed by atoms with Gasteiger partial charge in [-0.15, -0.1) is 5.10 Å². The molecule has 1 saturated carbocycles. The van der Waals surface area contributed by atoms with E-state index in [2.05, 4.69) is 22.4 Å². The van der Waals surface area contributed by atoms with Gasteiger partial charge in [-0.2, -0.15) is 0 Å². The van der Waals surface area contributed by atoms with Crippen molar-refractivity contribution < 1.29 is 9.59 Å². The molecule has 2 fully saturated rings. The summed E-state index contributed by atoms with van der Waals surface area (Å²) >= 11 is 1.60. The third-order valence-electron chi connectivity index (χ3n) is 4.01. The third kappa shape index (κ3) is 4.76. The highest BCUT2D eigenvalue weighted by atomic mass is 32.2. The van der Waals surface area contributed by atoms with Gasteiger partial charge in [-0.3, -0.25) is 9.59 Å². The quantitative estimate of drug-likeness (QED) is 0.591. The summed E-state index contributed by atoms with van der Waals surface area (Å²) in [6, 6.07) is 0. The van der Waals surface area contributed by atoms with Crippen LogP contribution in [0, 0.1) is 5.92 Å². The predicted molar refractivity (Wildman–Crippen MR) is 89.4 cm³/mol. The van der Waals surface area contributed by atoms with Crippen molar-refractivity contribution >= 4 is 28.7 Å². The lowest BCUT2D eigenvalue weighted by Gasteiger charge is -2.20. The van der Waals surface area contributed by atoms with Gasteiger partial charge in [-0.1, -0.05) is 37.6 Å². The molecule has 1 heterocycles. The number of nitrogens with zero attached hydrogens (tertiary/aromatic N) is 2. The molecule has 1 saturated heterocycles. The van der Waals surface area contributed by atoms with Gasteiger partial charge in [0.25, 0.3) is 5.91 Å². The van der Waals surface area contributed by atoms with Gasteiger partial charge in [0, 0.05) is 37.4 Å². The molecule has 2 N–H and O–H groups in total. The van der Waals surface area contributed by atoms with Crippen LogP contribution >= 0.6 is 11.8 Å². The Kier molecular flexibility index (Phi) is 6.30. The Morgan fingerprint density at radius 1 is 1.36 bits per heavy atom. The Hall–Kier alpha value is -1.50. The second-order valence-electron chi connectivity index (χ2n) is 5.76. The van der Waals surface area contributed by atoms with Gasteiger partial charge in [0.05, 0.1) is 0 Å². The van der Waals surface area contributed by atoms with Gasteiger partial charge in [0.15, 0.2) is 5.17 Å². The van der Waals surface area contributed by atoms with E-state index in [1.165, 1.54) is 6.42 Å². The first kappa shape index (κ1) is 16.9. The van der Waals surface area contributed by atoms with Crippen LogP contribution in [0.5, 0.6) is 0 Å². The summed E-state index contributed by atoms with van der Waals surface area (Å²) in [4.78, 5) is 25.9. The Labute approximate surface area is 135 Å². The van der Waals surface area contributed by atoms with Crippen molar-refractivity contribution in [2.75, 3.05) is 25.9 Å². The lowest BCUT2D eigenvalue weighted by Crippen LogP contribution is -2.36. The van der Waals surface area contributed by atoms with E-state index in [4.69, 9.17) is 0 Å². The maximum Gasteiger partial charge on any atom is 0.268 e. The zero-order chi connectivity index (χ0) is 15.9. The van der Waals surface area contributed by atoms with Crippen molar-refractivity contribution in [3.63, 3.8) is 0 Å². The topological polar surface area (TPSA) is 73.8 Å². The van der Waals surface area contributed by atoms with Crippen molar-refractivity contribution in [3.8, 4) is 0 Å². The summed E-state index contributed by atoms with van der Waals surface area (Å²) in [5, 5.41) is 7.68. The molecule has 2 rings (SSSR count). The molecule has 22 heavy (non-hydrogen) atoms. The fourth-order valence-corrected chi connectivity index (χ4v) is 3.53. The van der Waals surface area contributed by atoms with E-state index >= 15 is 0 Å². The molecule has 2 amide bonds. The first-order chi connectivity index (χ1) is 10.6. The number of carbonyl (C=O) groups is 2. The van der Waals surface area contributed by atoms with Crippen LogP contribution in [0.2, 0.25) is 0 Å². The van der Waals surface area contributed by atoms with Crippen LogP contribution in [0.25, 0.3) is 0 Å². The molecule has 0 radical (unpaired) electrons. The predicted octanol–water partition coefficient (Wildman–Crippen LogP) is 1.30. The Morgan fingerprint density at radius 3 is 2.73 bits per heavy atom. The Balaban J connectivity index is 1.72. The minimum atomic E-state index is -0.350. The van der Waals surface area contributed by atoms with Crippen LogP contribution in [0.4, 0.5) is 0 Å². The highest BCUT2D eigenvalue weighted by molar-refractivity contribution is 8.14. The van der Waals surface area contributed by atoms with Crippen molar-refractivity contribution in [3.05, 3.63) is 12.2 Å². The molecule has 0 atom stereocenters. The van der Waals surface area contributed by atoms with Gasteiger partial charge in [-0.05, 0) is 12.8 Å². The van der Waals surface area contributed by atoms with Gasteiger partial charge in [-0.25, -0.2) is 5.43 Å². The van der Waals surface area contributed by atoms with Crippen molar-refractivity contribution in [2.24, 2.45) is 11.0 Å². The summed E-state index contributed by atoms with van der Waals surface area (Å²) < 4.78 is 0. The van der Waals surface area contributed by atoms with Gasteiger partial charge in [0.1, 0.15) is 0 Å². The van der Waals surface area contributed by atoms with Crippen LogP contribution in [0.1, 0.15) is 32.1 Å². The number of amidine groups is 1. The van der Waals surface area contributed by atoms with E-state index in [0.717, 1.165) is 43.1 Å². The van der Waals surface area contributed by atoms with E-state index in [-0.39, 0.29) is 24.3 Å². The smallest absolute Gasteiger partial charge is 0.268 e. The molecule has 0 aromatic heterocycles. The van der Waals surface area contributed by atoms with E-state index < -0.39 is 0 Å². The number of carbonyl (C=O) groups excluding carboxylic acids is 2. The van der Waals surface area contributed by atoms with Crippen LogP contribution < -0.4 is 10.7 Å². The maximum absolute atomic E-state index is 12.0. The summed E-state index contributed by atoms with van der Waals surface area (Å²) in [6.07, 6.45) is 5.33. The second-order valence-corrected chi connectivity index (χ2v) is 6.82. The molecule has 0 spiro atoms. The van der Waals surface area contributed by atoms with E-state index in [0.29, 0.717) is 5.57 Å². The minimum absolute atomic E-state index is 0.0334. The first-order valence-corrected chi connectivity index (χ1v) is 8.74. The summed E-state index contributed by atoms with van der Waals surface area (Å²) in [7, 11) is 1.93. The van der Waals surface area contributed by atoms with Crippen molar-refractivity contribution in [1.82, 2.24) is 15.6 Å². The number of rotatable bonds is 5. The minimum Gasteiger partial charge on any atom is -0.352 e. The van der Waals surface area contributed by atoms with Crippen LogP contribution in [-0.2, 0) is 9.59 Å². The highest BCUT2D eigenvalue weighted by Crippen LogP contribution is 2.23. The fourth-order valence-electron chi connectivity index (χ4n) is 2.56. The molecule has 0 aromatic carbocycles. The number of amides is 2. The van der Waals surface area contributed by atoms with Crippen LogP contribution in [-0.4, -0.2) is 47.8 Å². The molecule has 1 aliphatic carbocycles. The first-order valence-electron chi connectivity index (χ1n) is 7.75. The highest BCUT2D eigenvalue weighted by Gasteiger charge is 2.21. The Bertz CT molecular complexity index is 472. The zero-order valence-corrected chi connectivity index (χ0v) is 13.9. The van der Waals surface area contributed by atoms with Crippen LogP contribution in [0.15, 0.2) is 17.3 Å². The monoisotopic (exact) mass is 324 g/mol. The van der Waals surface area contributed by atoms with Crippen molar-refractivity contribution in [2.45, 2.75) is 32.1 Å². The maximum atomic E-state index is 12.0. The van der Waals surface area contributed by atoms with Gasteiger partial charge < -0.3 is 10.2 Å². The molecule has 0 bridgehead atoms. The number of hydrogen-bond acceptors (Lipinski definition) is 4. The average Bonchev–Trinajstić information content (AvgIpc) is 2.95. The van der Waals surface area contributed by atoms with Crippen molar-refractivity contribution in [1.29, 1.82) is 0 Å². The fraction of sp³-hybridized carbons (Fsp3) is 0.667. The van der Waals surface area contributed by atoms with E-state index in [1.54, 1.807) is 11.8 Å². The molecule has 1 aliphatic heterocycles.